The molecule has 1 amide bonds. The number of carbonyl (C=O) groups excluding carboxylic acids is 1. The first-order valence-electron chi connectivity index (χ1n) is 7.07. The van der Waals surface area contributed by atoms with E-state index in [-0.39, 0.29) is 12.5 Å². The molecule has 2 aromatic rings. The third-order valence-corrected chi connectivity index (χ3v) is 4.47. The molecule has 1 aliphatic heterocycles. The molecule has 0 saturated carbocycles. The Morgan fingerprint density at radius 3 is 2.48 bits per heavy atom. The molecule has 0 saturated heterocycles. The number of hydrogen-bond donors (Lipinski definition) is 0. The quantitative estimate of drug-likeness (QED) is 0.753. The number of nitriles is 1. The molecule has 4 heteroatoms. The highest BCUT2D eigenvalue weighted by molar-refractivity contribution is 9.10. The average molecular weight is 365 g/mol. The summed E-state index contributed by atoms with van der Waals surface area (Å²) in [6, 6.07) is 17.2. The second-order valence-electron chi connectivity index (χ2n) is 5.19. The zero-order valence-electron chi connectivity index (χ0n) is 12.3. The van der Waals surface area contributed by atoms with Crippen molar-refractivity contribution in [3.05, 3.63) is 81.8 Å². The number of fused-ring (bicyclic) bond motifs is 1. The minimum Gasteiger partial charge on any atom is -0.303 e. The fourth-order valence-corrected chi connectivity index (χ4v) is 2.96. The number of carbonyl (C=O) groups is 1. The predicted octanol–water partition coefficient (Wildman–Crippen LogP) is 4.48. The van der Waals surface area contributed by atoms with Crippen molar-refractivity contribution < 1.29 is 4.79 Å². The molecule has 0 fully saturated rings. The maximum Gasteiger partial charge on any atom is 0.259 e. The van der Waals surface area contributed by atoms with E-state index in [2.05, 4.69) is 28.6 Å². The van der Waals surface area contributed by atoms with Crippen molar-refractivity contribution in [1.82, 2.24) is 4.90 Å². The molecule has 0 bridgehead atoms. The SMILES string of the molecule is C=C1c2ccccc2C(=O)N1C/C(C#N)=C/c1ccccc1Br. The van der Waals surface area contributed by atoms with Gasteiger partial charge in [-0.05, 0) is 23.8 Å². The summed E-state index contributed by atoms with van der Waals surface area (Å²) in [6.07, 6.45) is 1.79. The third kappa shape index (κ3) is 2.84. The molecule has 3 nitrogen and oxygen atoms in total. The number of nitrogens with zero attached hydrogens (tertiary/aromatic N) is 2. The molecule has 0 unspecified atom stereocenters. The van der Waals surface area contributed by atoms with Crippen LogP contribution >= 0.6 is 15.9 Å². The van der Waals surface area contributed by atoms with E-state index >= 15 is 0 Å². The highest BCUT2D eigenvalue weighted by Gasteiger charge is 2.30. The molecular formula is C19H13BrN2O. The van der Waals surface area contributed by atoms with Crippen molar-refractivity contribution in [3.8, 4) is 6.07 Å². The molecule has 2 aromatic carbocycles. The average Bonchev–Trinajstić information content (AvgIpc) is 2.81. The number of benzene rings is 2. The van der Waals surface area contributed by atoms with Gasteiger partial charge in [0.2, 0.25) is 0 Å². The molecule has 112 valence electrons. The Hall–Kier alpha value is -2.64. The fraction of sp³-hybridized carbons (Fsp3) is 0.0526. The Bertz CT molecular complexity index is 842. The Labute approximate surface area is 143 Å². The molecule has 0 atom stereocenters. The molecule has 23 heavy (non-hydrogen) atoms. The van der Waals surface area contributed by atoms with Gasteiger partial charge in [-0.3, -0.25) is 4.79 Å². The minimum absolute atomic E-state index is 0.112. The summed E-state index contributed by atoms with van der Waals surface area (Å²) in [6.45, 7) is 4.21. The van der Waals surface area contributed by atoms with Gasteiger partial charge in [-0.25, -0.2) is 0 Å². The summed E-state index contributed by atoms with van der Waals surface area (Å²) >= 11 is 3.46. The van der Waals surface area contributed by atoms with Gasteiger partial charge in [0.1, 0.15) is 0 Å². The first kappa shape index (κ1) is 15.3. The summed E-state index contributed by atoms with van der Waals surface area (Å²) < 4.78 is 0.905. The van der Waals surface area contributed by atoms with Crippen molar-refractivity contribution >= 4 is 33.6 Å². The van der Waals surface area contributed by atoms with Crippen molar-refractivity contribution in [2.24, 2.45) is 0 Å². The zero-order valence-corrected chi connectivity index (χ0v) is 13.9. The number of hydrogen-bond acceptors (Lipinski definition) is 2. The van der Waals surface area contributed by atoms with E-state index in [0.29, 0.717) is 16.8 Å². The number of amides is 1. The standard InChI is InChI=1S/C19H13BrN2O/c1-13-16-7-3-4-8-17(16)19(23)22(13)12-14(11-21)10-15-6-2-5-9-18(15)20/h2-10H,1,12H2/b14-10+. The second kappa shape index (κ2) is 6.23. The smallest absolute Gasteiger partial charge is 0.259 e. The van der Waals surface area contributed by atoms with Crippen molar-refractivity contribution in [2.45, 2.75) is 0 Å². The van der Waals surface area contributed by atoms with Crippen LogP contribution in [0.4, 0.5) is 0 Å². The van der Waals surface area contributed by atoms with Crippen LogP contribution < -0.4 is 0 Å². The van der Waals surface area contributed by atoms with E-state index in [1.165, 1.54) is 0 Å². The molecule has 1 aliphatic rings. The summed E-state index contributed by atoms with van der Waals surface area (Å²) in [5.74, 6) is -0.112. The zero-order chi connectivity index (χ0) is 16.4. The Kier molecular flexibility index (Phi) is 4.14. The molecule has 0 spiro atoms. The summed E-state index contributed by atoms with van der Waals surface area (Å²) in [5.41, 5.74) is 3.50. The maximum atomic E-state index is 12.5. The third-order valence-electron chi connectivity index (χ3n) is 3.75. The molecule has 0 N–H and O–H groups in total. The van der Waals surface area contributed by atoms with E-state index in [0.717, 1.165) is 15.6 Å². The van der Waals surface area contributed by atoms with Gasteiger partial charge < -0.3 is 4.90 Å². The van der Waals surface area contributed by atoms with Crippen molar-refractivity contribution in [2.75, 3.05) is 6.54 Å². The van der Waals surface area contributed by atoms with Gasteiger partial charge in [0.05, 0.1) is 18.2 Å². The second-order valence-corrected chi connectivity index (χ2v) is 6.04. The molecule has 1 heterocycles. The summed E-state index contributed by atoms with van der Waals surface area (Å²) in [7, 11) is 0. The van der Waals surface area contributed by atoms with E-state index in [9.17, 15) is 10.1 Å². The van der Waals surface area contributed by atoms with Gasteiger partial charge in [-0.15, -0.1) is 0 Å². The van der Waals surface area contributed by atoms with Gasteiger partial charge in [0.15, 0.2) is 0 Å². The highest BCUT2D eigenvalue weighted by Crippen LogP contribution is 2.32. The predicted molar refractivity (Wildman–Crippen MR) is 94.2 cm³/mol. The molecule has 0 aliphatic carbocycles. The highest BCUT2D eigenvalue weighted by atomic mass is 79.9. The Balaban J connectivity index is 1.90. The first-order valence-corrected chi connectivity index (χ1v) is 7.86. The lowest BCUT2D eigenvalue weighted by Crippen LogP contribution is -2.24. The lowest BCUT2D eigenvalue weighted by Gasteiger charge is -2.16. The van der Waals surface area contributed by atoms with Crippen LogP contribution in [0.2, 0.25) is 0 Å². The van der Waals surface area contributed by atoms with Crippen molar-refractivity contribution in [3.63, 3.8) is 0 Å². The molecular weight excluding hydrogens is 352 g/mol. The topological polar surface area (TPSA) is 44.1 Å². The van der Waals surface area contributed by atoms with Gasteiger partial charge in [-0.2, -0.15) is 5.26 Å². The van der Waals surface area contributed by atoms with E-state index in [4.69, 9.17) is 0 Å². The van der Waals surface area contributed by atoms with E-state index in [1.807, 2.05) is 42.5 Å². The summed E-state index contributed by atoms with van der Waals surface area (Å²) in [4.78, 5) is 14.0. The van der Waals surface area contributed by atoms with E-state index < -0.39 is 0 Å². The molecule has 0 radical (unpaired) electrons. The molecule has 3 rings (SSSR count). The van der Waals surface area contributed by atoms with Crippen LogP contribution in [0.5, 0.6) is 0 Å². The monoisotopic (exact) mass is 364 g/mol. The van der Waals surface area contributed by atoms with Gasteiger partial charge in [0, 0.05) is 21.3 Å². The van der Waals surface area contributed by atoms with Crippen LogP contribution in [-0.4, -0.2) is 17.4 Å². The van der Waals surface area contributed by atoms with Gasteiger partial charge >= 0.3 is 0 Å². The lowest BCUT2D eigenvalue weighted by molar-refractivity contribution is 0.0860. The fourth-order valence-electron chi connectivity index (χ4n) is 2.57. The van der Waals surface area contributed by atoms with Crippen LogP contribution in [0.1, 0.15) is 21.5 Å². The maximum absolute atomic E-state index is 12.5. The summed E-state index contributed by atoms with van der Waals surface area (Å²) in [5, 5.41) is 9.43. The van der Waals surface area contributed by atoms with Gasteiger partial charge in [-0.1, -0.05) is 58.9 Å². The van der Waals surface area contributed by atoms with Crippen LogP contribution in [0.25, 0.3) is 11.8 Å². The van der Waals surface area contributed by atoms with Crippen LogP contribution in [0.3, 0.4) is 0 Å². The lowest BCUT2D eigenvalue weighted by atomic mass is 10.1. The largest absolute Gasteiger partial charge is 0.303 e. The van der Waals surface area contributed by atoms with Crippen LogP contribution in [-0.2, 0) is 0 Å². The number of halogens is 1. The Morgan fingerprint density at radius 2 is 1.83 bits per heavy atom. The minimum atomic E-state index is -0.112. The number of rotatable bonds is 3. The Morgan fingerprint density at radius 1 is 1.17 bits per heavy atom. The first-order chi connectivity index (χ1) is 11.1. The normalized spacial score (nSPS) is 13.9. The van der Waals surface area contributed by atoms with Crippen LogP contribution in [0, 0.1) is 11.3 Å². The van der Waals surface area contributed by atoms with Crippen molar-refractivity contribution in [1.29, 1.82) is 5.26 Å². The van der Waals surface area contributed by atoms with Crippen LogP contribution in [0.15, 0.2) is 65.2 Å². The van der Waals surface area contributed by atoms with Gasteiger partial charge in [0.25, 0.3) is 5.91 Å². The van der Waals surface area contributed by atoms with E-state index in [1.54, 1.807) is 17.0 Å². The molecule has 0 aromatic heterocycles.